The van der Waals surface area contributed by atoms with Gasteiger partial charge in [-0.3, -0.25) is 9.59 Å². The number of carbonyl (C=O) groups excluding carboxylic acids is 2. The van der Waals surface area contributed by atoms with Gasteiger partial charge >= 0.3 is 0 Å². The molecule has 6 nitrogen and oxygen atoms in total. The fourth-order valence-electron chi connectivity index (χ4n) is 7.72. The van der Waals surface area contributed by atoms with E-state index in [2.05, 4.69) is 22.0 Å². The van der Waals surface area contributed by atoms with Gasteiger partial charge in [-0.05, 0) is 99.5 Å². The Morgan fingerprint density at radius 3 is 2.09 bits per heavy atom. The molecule has 4 N–H and O–H groups in total. The molecule has 2 saturated carbocycles. The van der Waals surface area contributed by atoms with Gasteiger partial charge in [-0.1, -0.05) is 41.8 Å². The van der Waals surface area contributed by atoms with Crippen molar-refractivity contribution in [2.45, 2.75) is 51.4 Å². The minimum absolute atomic E-state index is 0.0560. The molecule has 33 heavy (non-hydrogen) atoms. The lowest BCUT2D eigenvalue weighted by Gasteiger charge is -2.48. The Labute approximate surface area is 205 Å². The maximum Gasteiger partial charge on any atom is 0.225 e. The van der Waals surface area contributed by atoms with Crippen molar-refractivity contribution in [3.63, 3.8) is 0 Å². The summed E-state index contributed by atoms with van der Waals surface area (Å²) in [5.74, 6) is -1.02. The zero-order chi connectivity index (χ0) is 23.4. The van der Waals surface area contributed by atoms with Gasteiger partial charge in [0, 0.05) is 0 Å². The molecule has 3 aliphatic carbocycles. The number of pyridine rings is 1. The third kappa shape index (κ3) is 3.35. The van der Waals surface area contributed by atoms with Crippen LogP contribution in [-0.2, 0) is 16.0 Å². The summed E-state index contributed by atoms with van der Waals surface area (Å²) in [5, 5.41) is 0.513. The molecule has 1 aromatic rings. The van der Waals surface area contributed by atoms with Crippen LogP contribution < -0.4 is 11.5 Å². The Morgan fingerprint density at radius 1 is 0.970 bits per heavy atom. The van der Waals surface area contributed by atoms with Crippen LogP contribution in [0.2, 0.25) is 10.3 Å². The minimum atomic E-state index is -1.10. The van der Waals surface area contributed by atoms with E-state index in [1.807, 2.05) is 0 Å². The van der Waals surface area contributed by atoms with Crippen molar-refractivity contribution < 1.29 is 9.59 Å². The van der Waals surface area contributed by atoms with Gasteiger partial charge in [0.1, 0.15) is 10.3 Å². The van der Waals surface area contributed by atoms with Crippen molar-refractivity contribution in [1.82, 2.24) is 9.88 Å². The van der Waals surface area contributed by atoms with Crippen molar-refractivity contribution in [2.24, 2.45) is 39.5 Å². The minimum Gasteiger partial charge on any atom is -0.369 e. The number of carbonyl (C=O) groups is 2. The van der Waals surface area contributed by atoms with Gasteiger partial charge in [0.25, 0.3) is 0 Å². The maximum absolute atomic E-state index is 13.5. The normalized spacial score (nSPS) is 33.8. The van der Waals surface area contributed by atoms with E-state index in [1.165, 1.54) is 12.8 Å². The van der Waals surface area contributed by atoms with Gasteiger partial charge in [-0.25, -0.2) is 4.98 Å². The van der Waals surface area contributed by atoms with Crippen LogP contribution >= 0.6 is 23.2 Å². The number of amides is 2. The number of hydrogen-bond donors (Lipinski definition) is 2. The summed E-state index contributed by atoms with van der Waals surface area (Å²) >= 11 is 12.4. The van der Waals surface area contributed by atoms with Crippen LogP contribution in [0.15, 0.2) is 24.3 Å². The number of halogens is 2. The Hall–Kier alpha value is -1.63. The molecule has 178 valence electrons. The zero-order valence-corrected chi connectivity index (χ0v) is 20.4. The van der Waals surface area contributed by atoms with E-state index in [0.717, 1.165) is 50.9 Å². The second-order valence-corrected chi connectivity index (χ2v) is 11.3. The SMILES string of the molecule is NC(=O)[C@]1(CCCCN2CCCC2)[C@@H]2C=C[C@@H](C23CC3)[C@@]1(Cc1cc(Cl)nc(Cl)c1)C(N)=O. The molecule has 0 unspecified atom stereocenters. The predicted molar refractivity (Wildman–Crippen MR) is 129 cm³/mol. The number of unbranched alkanes of at least 4 members (excludes halogenated alkanes) is 1. The molecule has 3 fully saturated rings. The maximum atomic E-state index is 13.5. The van der Waals surface area contributed by atoms with Gasteiger partial charge in [0.05, 0.1) is 10.8 Å². The van der Waals surface area contributed by atoms with Gasteiger partial charge in [0.15, 0.2) is 0 Å². The van der Waals surface area contributed by atoms with Crippen LogP contribution in [0.4, 0.5) is 0 Å². The van der Waals surface area contributed by atoms with Crippen LogP contribution in [0, 0.1) is 28.1 Å². The lowest BCUT2D eigenvalue weighted by molar-refractivity contribution is -0.151. The topological polar surface area (TPSA) is 102 Å². The molecule has 4 atom stereocenters. The Balaban J connectivity index is 1.53. The number of nitrogens with zero attached hydrogens (tertiary/aromatic N) is 2. The number of likely N-dealkylation sites (tertiary alicyclic amines) is 1. The summed E-state index contributed by atoms with van der Waals surface area (Å²) in [4.78, 5) is 33.4. The summed E-state index contributed by atoms with van der Waals surface area (Å²) in [7, 11) is 0. The monoisotopic (exact) mass is 490 g/mol. The van der Waals surface area contributed by atoms with Gasteiger partial charge < -0.3 is 16.4 Å². The van der Waals surface area contributed by atoms with E-state index in [4.69, 9.17) is 34.7 Å². The second kappa shape index (κ2) is 8.24. The number of aromatic nitrogens is 1. The first-order valence-corrected chi connectivity index (χ1v) is 12.8. The van der Waals surface area contributed by atoms with Crippen LogP contribution in [0.5, 0.6) is 0 Å². The summed E-state index contributed by atoms with van der Waals surface area (Å²) in [6.45, 7) is 3.31. The molecule has 4 aliphatic rings. The zero-order valence-electron chi connectivity index (χ0n) is 18.9. The molecule has 2 amide bonds. The standard InChI is InChI=1S/C25H32Cl2N4O2/c26-19-13-16(14-20(27)30-19)15-25(22(29)33)18-6-5-17(23(18)8-9-23)24(25,21(28)32)7-1-2-10-31-11-3-4-12-31/h5-6,13-14,17-18H,1-4,7-12,15H2,(H2,28,32)(H2,29,33)/t17-,18+,24+,25+/m1/s1. The average Bonchev–Trinajstić information content (AvgIpc) is 3.11. The fourth-order valence-corrected chi connectivity index (χ4v) is 8.22. The smallest absolute Gasteiger partial charge is 0.225 e. The van der Waals surface area contributed by atoms with Crippen molar-refractivity contribution in [3.8, 4) is 0 Å². The molecular formula is C25H32Cl2N4O2. The number of primary amides is 2. The van der Waals surface area contributed by atoms with Gasteiger partial charge in [0.2, 0.25) is 11.8 Å². The Morgan fingerprint density at radius 2 is 1.55 bits per heavy atom. The third-order valence-corrected chi connectivity index (χ3v) is 9.49. The summed E-state index contributed by atoms with van der Waals surface area (Å²) < 4.78 is 0. The van der Waals surface area contributed by atoms with E-state index in [0.29, 0.717) is 6.42 Å². The van der Waals surface area contributed by atoms with Crippen molar-refractivity contribution >= 4 is 35.0 Å². The largest absolute Gasteiger partial charge is 0.369 e. The molecule has 0 radical (unpaired) electrons. The average molecular weight is 491 g/mol. The highest BCUT2D eigenvalue weighted by molar-refractivity contribution is 6.32. The van der Waals surface area contributed by atoms with Crippen LogP contribution in [0.25, 0.3) is 0 Å². The first-order valence-electron chi connectivity index (χ1n) is 12.1. The van der Waals surface area contributed by atoms with Crippen LogP contribution in [-0.4, -0.2) is 41.3 Å². The highest BCUT2D eigenvalue weighted by Crippen LogP contribution is 2.81. The van der Waals surface area contributed by atoms with Crippen LogP contribution in [0.1, 0.15) is 50.5 Å². The van der Waals surface area contributed by atoms with Gasteiger partial charge in [-0.2, -0.15) is 0 Å². The van der Waals surface area contributed by atoms with Gasteiger partial charge in [-0.15, -0.1) is 0 Å². The molecule has 0 aromatic carbocycles. The molecule has 1 saturated heterocycles. The first kappa shape index (κ1) is 23.1. The van der Waals surface area contributed by atoms with Crippen LogP contribution in [0.3, 0.4) is 0 Å². The Bertz CT molecular complexity index is 984. The molecule has 2 bridgehead atoms. The lowest BCUT2D eigenvalue weighted by atomic mass is 9.53. The highest BCUT2D eigenvalue weighted by Gasteiger charge is 2.81. The Kier molecular flexibility index (Phi) is 5.78. The number of hydrogen-bond acceptors (Lipinski definition) is 4. The summed E-state index contributed by atoms with van der Waals surface area (Å²) in [6, 6.07) is 3.43. The number of nitrogens with two attached hydrogens (primary N) is 2. The molecule has 1 spiro atoms. The molecule has 1 aliphatic heterocycles. The highest BCUT2D eigenvalue weighted by atomic mass is 35.5. The summed E-state index contributed by atoms with van der Waals surface area (Å²) in [5.41, 5.74) is 11.0. The molecule has 8 heteroatoms. The third-order valence-electron chi connectivity index (χ3n) is 9.10. The van der Waals surface area contributed by atoms with Crippen molar-refractivity contribution in [2.75, 3.05) is 19.6 Å². The molecular weight excluding hydrogens is 459 g/mol. The number of rotatable bonds is 9. The molecule has 5 rings (SSSR count). The van der Waals surface area contributed by atoms with E-state index in [1.54, 1.807) is 12.1 Å². The second-order valence-electron chi connectivity index (χ2n) is 10.5. The molecule has 1 aromatic heterocycles. The molecule has 2 heterocycles. The summed E-state index contributed by atoms with van der Waals surface area (Å²) in [6.07, 6.45) is 11.4. The first-order chi connectivity index (χ1) is 15.8. The predicted octanol–water partition coefficient (Wildman–Crippen LogP) is 3.74. The quantitative estimate of drug-likeness (QED) is 0.312. The van der Waals surface area contributed by atoms with E-state index in [-0.39, 0.29) is 34.0 Å². The van der Waals surface area contributed by atoms with E-state index >= 15 is 0 Å². The number of allylic oxidation sites excluding steroid dienone is 2. The lowest BCUT2D eigenvalue weighted by Crippen LogP contribution is -2.60. The van der Waals surface area contributed by atoms with E-state index < -0.39 is 22.6 Å². The van der Waals surface area contributed by atoms with E-state index in [9.17, 15) is 9.59 Å². The fraction of sp³-hybridized carbons (Fsp3) is 0.640. The van der Waals surface area contributed by atoms with Crippen molar-refractivity contribution in [1.29, 1.82) is 0 Å². The van der Waals surface area contributed by atoms with Crippen molar-refractivity contribution in [3.05, 3.63) is 40.2 Å².